The molecule has 0 radical (unpaired) electrons. The molecule has 1 amide bonds. The SMILES string of the molecule is COc1ncccc1NC(=O)C(C)Oc1ccc(Br)cc1. The van der Waals surface area contributed by atoms with Gasteiger partial charge in [-0.25, -0.2) is 4.98 Å². The van der Waals surface area contributed by atoms with Crippen LogP contribution in [0.2, 0.25) is 0 Å². The Morgan fingerprint density at radius 3 is 2.67 bits per heavy atom. The number of hydrogen-bond acceptors (Lipinski definition) is 4. The highest BCUT2D eigenvalue weighted by Crippen LogP contribution is 2.21. The maximum Gasteiger partial charge on any atom is 0.265 e. The number of halogens is 1. The highest BCUT2D eigenvalue weighted by atomic mass is 79.9. The summed E-state index contributed by atoms with van der Waals surface area (Å²) in [5, 5.41) is 2.73. The molecule has 5 nitrogen and oxygen atoms in total. The number of amides is 1. The van der Waals surface area contributed by atoms with Gasteiger partial charge in [-0.3, -0.25) is 4.79 Å². The number of rotatable bonds is 5. The molecule has 0 fully saturated rings. The molecule has 0 aliphatic carbocycles. The van der Waals surface area contributed by atoms with Crippen LogP contribution in [0, 0.1) is 0 Å². The molecule has 1 unspecified atom stereocenters. The number of hydrogen-bond donors (Lipinski definition) is 1. The molecule has 1 atom stereocenters. The van der Waals surface area contributed by atoms with Crippen LogP contribution in [-0.4, -0.2) is 24.1 Å². The molecule has 1 heterocycles. The van der Waals surface area contributed by atoms with Gasteiger partial charge in [-0.2, -0.15) is 0 Å². The first-order chi connectivity index (χ1) is 10.1. The number of anilines is 1. The van der Waals surface area contributed by atoms with Crippen LogP contribution in [0.1, 0.15) is 6.92 Å². The van der Waals surface area contributed by atoms with E-state index in [9.17, 15) is 4.79 Å². The van der Waals surface area contributed by atoms with E-state index in [2.05, 4.69) is 26.2 Å². The first-order valence-corrected chi connectivity index (χ1v) is 7.11. The number of nitrogens with one attached hydrogen (secondary N) is 1. The molecule has 110 valence electrons. The molecule has 0 aliphatic heterocycles. The van der Waals surface area contributed by atoms with Gasteiger partial charge in [-0.05, 0) is 43.3 Å². The fourth-order valence-electron chi connectivity index (χ4n) is 1.65. The molecule has 0 saturated carbocycles. The predicted octanol–water partition coefficient (Wildman–Crippen LogP) is 3.26. The number of ether oxygens (including phenoxy) is 2. The van der Waals surface area contributed by atoms with Gasteiger partial charge in [0, 0.05) is 10.7 Å². The van der Waals surface area contributed by atoms with Crippen LogP contribution in [-0.2, 0) is 4.79 Å². The predicted molar refractivity (Wildman–Crippen MR) is 83.7 cm³/mol. The van der Waals surface area contributed by atoms with Crippen LogP contribution >= 0.6 is 15.9 Å². The van der Waals surface area contributed by atoms with E-state index in [1.165, 1.54) is 7.11 Å². The van der Waals surface area contributed by atoms with Crippen molar-refractivity contribution in [2.75, 3.05) is 12.4 Å². The van der Waals surface area contributed by atoms with Gasteiger partial charge in [0.15, 0.2) is 6.10 Å². The van der Waals surface area contributed by atoms with Crippen LogP contribution < -0.4 is 14.8 Å². The van der Waals surface area contributed by atoms with E-state index in [0.717, 1.165) is 4.47 Å². The number of nitrogens with zero attached hydrogens (tertiary/aromatic N) is 1. The van der Waals surface area contributed by atoms with Gasteiger partial charge >= 0.3 is 0 Å². The minimum absolute atomic E-state index is 0.274. The van der Waals surface area contributed by atoms with Gasteiger partial charge in [0.2, 0.25) is 5.88 Å². The van der Waals surface area contributed by atoms with Crippen LogP contribution in [0.5, 0.6) is 11.6 Å². The fraction of sp³-hybridized carbons (Fsp3) is 0.200. The second-order valence-corrected chi connectivity index (χ2v) is 5.18. The average molecular weight is 351 g/mol. The van der Waals surface area contributed by atoms with Crippen molar-refractivity contribution in [3.8, 4) is 11.6 Å². The molecule has 1 N–H and O–H groups in total. The molecule has 0 bridgehead atoms. The molecule has 1 aromatic carbocycles. The molecule has 0 aliphatic rings. The average Bonchev–Trinajstić information content (AvgIpc) is 2.50. The summed E-state index contributed by atoms with van der Waals surface area (Å²) >= 11 is 3.35. The molecule has 2 rings (SSSR count). The van der Waals surface area contributed by atoms with Crippen LogP contribution in [0.25, 0.3) is 0 Å². The van der Waals surface area contributed by atoms with Gasteiger partial charge in [-0.1, -0.05) is 15.9 Å². The second-order valence-electron chi connectivity index (χ2n) is 4.26. The third kappa shape index (κ3) is 4.19. The summed E-state index contributed by atoms with van der Waals surface area (Å²) in [6.45, 7) is 1.68. The lowest BCUT2D eigenvalue weighted by Gasteiger charge is -2.15. The van der Waals surface area contributed by atoms with E-state index >= 15 is 0 Å². The van der Waals surface area contributed by atoms with E-state index in [-0.39, 0.29) is 5.91 Å². The van der Waals surface area contributed by atoms with Crippen molar-refractivity contribution in [1.29, 1.82) is 0 Å². The van der Waals surface area contributed by atoms with Gasteiger partial charge < -0.3 is 14.8 Å². The van der Waals surface area contributed by atoms with E-state index in [0.29, 0.717) is 17.3 Å². The Balaban J connectivity index is 2.01. The smallest absolute Gasteiger partial charge is 0.265 e. The number of aromatic nitrogens is 1. The largest absolute Gasteiger partial charge is 0.481 e. The summed E-state index contributed by atoms with van der Waals surface area (Å²) in [6, 6.07) is 10.7. The summed E-state index contributed by atoms with van der Waals surface area (Å²) in [5.74, 6) is 0.713. The first kappa shape index (κ1) is 15.3. The number of carbonyl (C=O) groups excluding carboxylic acids is 1. The van der Waals surface area contributed by atoms with Crippen LogP contribution in [0.15, 0.2) is 47.1 Å². The molecule has 6 heteroatoms. The normalized spacial score (nSPS) is 11.6. The Morgan fingerprint density at radius 2 is 2.00 bits per heavy atom. The Morgan fingerprint density at radius 1 is 1.29 bits per heavy atom. The minimum Gasteiger partial charge on any atom is -0.481 e. The number of carbonyl (C=O) groups is 1. The maximum atomic E-state index is 12.1. The Bertz CT molecular complexity index is 617. The summed E-state index contributed by atoms with van der Waals surface area (Å²) < 4.78 is 11.6. The highest BCUT2D eigenvalue weighted by molar-refractivity contribution is 9.10. The Labute approximate surface area is 131 Å². The van der Waals surface area contributed by atoms with Crippen LogP contribution in [0.3, 0.4) is 0 Å². The second kappa shape index (κ2) is 7.08. The first-order valence-electron chi connectivity index (χ1n) is 6.32. The summed E-state index contributed by atoms with van der Waals surface area (Å²) in [5.41, 5.74) is 0.510. The zero-order valence-corrected chi connectivity index (χ0v) is 13.3. The lowest BCUT2D eigenvalue weighted by Crippen LogP contribution is -2.30. The van der Waals surface area contributed by atoms with Crippen molar-refractivity contribution in [3.63, 3.8) is 0 Å². The van der Waals surface area contributed by atoms with Crippen LogP contribution in [0.4, 0.5) is 5.69 Å². The zero-order chi connectivity index (χ0) is 15.2. The van der Waals surface area contributed by atoms with E-state index in [4.69, 9.17) is 9.47 Å². The summed E-state index contributed by atoms with van der Waals surface area (Å²) in [7, 11) is 1.50. The highest BCUT2D eigenvalue weighted by Gasteiger charge is 2.16. The minimum atomic E-state index is -0.643. The number of pyridine rings is 1. The molecular weight excluding hydrogens is 336 g/mol. The van der Waals surface area contributed by atoms with E-state index in [1.54, 1.807) is 37.4 Å². The van der Waals surface area contributed by atoms with Crippen molar-refractivity contribution in [3.05, 3.63) is 47.1 Å². The molecule has 2 aromatic rings. The van der Waals surface area contributed by atoms with Crippen molar-refractivity contribution < 1.29 is 14.3 Å². The molecule has 1 aromatic heterocycles. The molecule has 0 saturated heterocycles. The van der Waals surface area contributed by atoms with Crippen molar-refractivity contribution in [1.82, 2.24) is 4.98 Å². The molecular formula is C15H15BrN2O3. The standard InChI is InChI=1S/C15H15BrN2O3/c1-10(21-12-7-5-11(16)6-8-12)14(19)18-13-4-3-9-17-15(13)20-2/h3-10H,1-2H3,(H,18,19). The quantitative estimate of drug-likeness (QED) is 0.898. The van der Waals surface area contributed by atoms with Gasteiger partial charge in [0.05, 0.1) is 7.11 Å². The lowest BCUT2D eigenvalue weighted by molar-refractivity contribution is -0.122. The topological polar surface area (TPSA) is 60.5 Å². The molecule has 21 heavy (non-hydrogen) atoms. The van der Waals surface area contributed by atoms with Crippen molar-refractivity contribution >= 4 is 27.5 Å². The summed E-state index contributed by atoms with van der Waals surface area (Å²) in [6.07, 6.45) is 0.951. The van der Waals surface area contributed by atoms with Crippen molar-refractivity contribution in [2.24, 2.45) is 0 Å². The van der Waals surface area contributed by atoms with Gasteiger partial charge in [0.25, 0.3) is 5.91 Å². The van der Waals surface area contributed by atoms with E-state index < -0.39 is 6.10 Å². The summed E-state index contributed by atoms with van der Waals surface area (Å²) in [4.78, 5) is 16.1. The number of methoxy groups -OCH3 is 1. The third-order valence-corrected chi connectivity index (χ3v) is 3.25. The zero-order valence-electron chi connectivity index (χ0n) is 11.7. The van der Waals surface area contributed by atoms with Gasteiger partial charge in [-0.15, -0.1) is 0 Å². The van der Waals surface area contributed by atoms with E-state index in [1.807, 2.05) is 12.1 Å². The Hall–Kier alpha value is -2.08. The van der Waals surface area contributed by atoms with Crippen molar-refractivity contribution in [2.45, 2.75) is 13.0 Å². The molecule has 0 spiro atoms. The third-order valence-electron chi connectivity index (χ3n) is 2.72. The van der Waals surface area contributed by atoms with Gasteiger partial charge in [0.1, 0.15) is 11.4 Å². The monoisotopic (exact) mass is 350 g/mol. The lowest BCUT2D eigenvalue weighted by atomic mass is 10.3. The number of benzene rings is 1. The maximum absolute atomic E-state index is 12.1. The Kier molecular flexibility index (Phi) is 5.16. The fourth-order valence-corrected chi connectivity index (χ4v) is 1.92.